The van der Waals surface area contributed by atoms with Crippen molar-refractivity contribution in [3.8, 4) is 0 Å². The van der Waals surface area contributed by atoms with Gasteiger partial charge in [0.1, 0.15) is 0 Å². The fourth-order valence-electron chi connectivity index (χ4n) is 1.56. The van der Waals surface area contributed by atoms with E-state index in [2.05, 4.69) is 10.6 Å². The van der Waals surface area contributed by atoms with Crippen LogP contribution in [0, 0.1) is 6.92 Å². The van der Waals surface area contributed by atoms with E-state index in [0.717, 1.165) is 4.88 Å². The lowest BCUT2D eigenvalue weighted by molar-refractivity contribution is -0.140. The number of thiophene rings is 1. The van der Waals surface area contributed by atoms with Gasteiger partial charge in [-0.2, -0.15) is 0 Å². The van der Waals surface area contributed by atoms with Gasteiger partial charge in [-0.25, -0.2) is 9.59 Å². The Labute approximate surface area is 115 Å². The van der Waals surface area contributed by atoms with Crippen LogP contribution in [0.3, 0.4) is 0 Å². The molecule has 106 valence electrons. The molecular formula is C12H18N2O4S. The second-order valence-corrected chi connectivity index (χ2v) is 5.68. The molecule has 1 aromatic heterocycles. The van der Waals surface area contributed by atoms with E-state index in [-0.39, 0.29) is 6.04 Å². The van der Waals surface area contributed by atoms with Crippen molar-refractivity contribution < 1.29 is 19.8 Å². The predicted molar refractivity (Wildman–Crippen MR) is 72.4 cm³/mol. The normalized spacial score (nSPS) is 13.6. The van der Waals surface area contributed by atoms with Crippen molar-refractivity contribution >= 4 is 23.3 Å². The molecule has 2 atom stereocenters. The molecule has 0 saturated heterocycles. The SMILES string of the molecule is Cc1ccc(CC(C)NC(=O)NC(CO)C(=O)O)s1. The molecule has 4 N–H and O–H groups in total. The van der Waals surface area contributed by atoms with Gasteiger partial charge in [-0.1, -0.05) is 0 Å². The van der Waals surface area contributed by atoms with Crippen LogP contribution in [0.15, 0.2) is 12.1 Å². The Hall–Kier alpha value is -1.60. The molecule has 1 rings (SSSR count). The summed E-state index contributed by atoms with van der Waals surface area (Å²) in [6.07, 6.45) is 0.683. The zero-order valence-corrected chi connectivity index (χ0v) is 11.7. The van der Waals surface area contributed by atoms with Crippen LogP contribution in [-0.2, 0) is 11.2 Å². The van der Waals surface area contributed by atoms with Gasteiger partial charge < -0.3 is 20.8 Å². The first kappa shape index (κ1) is 15.5. The molecular weight excluding hydrogens is 268 g/mol. The van der Waals surface area contributed by atoms with Gasteiger partial charge in [0.25, 0.3) is 0 Å². The van der Waals surface area contributed by atoms with Crippen LogP contribution in [0.2, 0.25) is 0 Å². The lowest BCUT2D eigenvalue weighted by Gasteiger charge is -2.16. The van der Waals surface area contributed by atoms with Crippen molar-refractivity contribution in [1.29, 1.82) is 0 Å². The minimum Gasteiger partial charge on any atom is -0.480 e. The Bertz CT molecular complexity index is 447. The van der Waals surface area contributed by atoms with Gasteiger partial charge in [0, 0.05) is 22.2 Å². The van der Waals surface area contributed by atoms with Gasteiger partial charge in [-0.05, 0) is 26.0 Å². The number of carboxylic acids is 1. The van der Waals surface area contributed by atoms with Gasteiger partial charge in [-0.3, -0.25) is 0 Å². The number of amides is 2. The lowest BCUT2D eigenvalue weighted by atomic mass is 10.2. The summed E-state index contributed by atoms with van der Waals surface area (Å²) in [6, 6.07) is 2.02. The molecule has 7 heteroatoms. The van der Waals surface area contributed by atoms with Crippen LogP contribution in [0.25, 0.3) is 0 Å². The number of aliphatic hydroxyl groups is 1. The Morgan fingerprint density at radius 2 is 2.05 bits per heavy atom. The molecule has 0 aliphatic heterocycles. The zero-order chi connectivity index (χ0) is 14.4. The quantitative estimate of drug-likeness (QED) is 0.619. The number of hydrogen-bond donors (Lipinski definition) is 4. The topological polar surface area (TPSA) is 98.7 Å². The summed E-state index contributed by atoms with van der Waals surface area (Å²) >= 11 is 1.66. The van der Waals surface area contributed by atoms with E-state index in [1.807, 2.05) is 26.0 Å². The number of carbonyl (C=O) groups excluding carboxylic acids is 1. The second kappa shape index (κ2) is 7.10. The molecule has 0 aliphatic carbocycles. The first-order chi connectivity index (χ1) is 8.92. The lowest BCUT2D eigenvalue weighted by Crippen LogP contribution is -2.50. The maximum atomic E-state index is 11.5. The highest BCUT2D eigenvalue weighted by atomic mass is 32.1. The number of nitrogens with one attached hydrogen (secondary N) is 2. The highest BCUT2D eigenvalue weighted by molar-refractivity contribution is 7.11. The maximum Gasteiger partial charge on any atom is 0.328 e. The highest BCUT2D eigenvalue weighted by Gasteiger charge is 2.19. The average molecular weight is 286 g/mol. The molecule has 0 spiro atoms. The summed E-state index contributed by atoms with van der Waals surface area (Å²) in [6.45, 7) is 3.21. The van der Waals surface area contributed by atoms with Crippen molar-refractivity contribution in [2.45, 2.75) is 32.4 Å². The third-order valence-corrected chi connectivity index (χ3v) is 3.49. The summed E-state index contributed by atoms with van der Waals surface area (Å²) < 4.78 is 0. The summed E-state index contributed by atoms with van der Waals surface area (Å²) in [5, 5.41) is 22.3. The predicted octanol–water partition coefficient (Wildman–Crippen LogP) is 0.732. The number of carbonyl (C=O) groups is 2. The summed E-state index contributed by atoms with van der Waals surface area (Å²) in [4.78, 5) is 24.5. The minimum atomic E-state index is -1.28. The number of urea groups is 1. The Balaban J connectivity index is 2.41. The molecule has 1 heterocycles. The third-order valence-electron chi connectivity index (χ3n) is 2.47. The summed E-state index contributed by atoms with van der Waals surface area (Å²) in [7, 11) is 0. The van der Waals surface area contributed by atoms with E-state index >= 15 is 0 Å². The molecule has 0 fully saturated rings. The molecule has 0 radical (unpaired) electrons. The smallest absolute Gasteiger partial charge is 0.328 e. The molecule has 6 nitrogen and oxygen atoms in total. The number of carboxylic acid groups (broad SMARTS) is 1. The fourth-order valence-corrected chi connectivity index (χ4v) is 2.58. The number of aryl methyl sites for hydroxylation is 1. The van der Waals surface area contributed by atoms with E-state index in [9.17, 15) is 9.59 Å². The Morgan fingerprint density at radius 3 is 2.53 bits per heavy atom. The number of rotatable bonds is 6. The summed E-state index contributed by atoms with van der Waals surface area (Å²) in [5.41, 5.74) is 0. The molecule has 0 aliphatic rings. The maximum absolute atomic E-state index is 11.5. The van der Waals surface area contributed by atoms with Crippen molar-refractivity contribution in [2.75, 3.05) is 6.61 Å². The number of aliphatic carboxylic acids is 1. The van der Waals surface area contributed by atoms with Gasteiger partial charge in [0.15, 0.2) is 6.04 Å². The van der Waals surface area contributed by atoms with Crippen LogP contribution >= 0.6 is 11.3 Å². The second-order valence-electron chi connectivity index (χ2n) is 4.31. The van der Waals surface area contributed by atoms with Crippen LogP contribution < -0.4 is 10.6 Å². The van der Waals surface area contributed by atoms with E-state index in [1.165, 1.54) is 4.88 Å². The van der Waals surface area contributed by atoms with Crippen molar-refractivity contribution in [3.63, 3.8) is 0 Å². The molecule has 19 heavy (non-hydrogen) atoms. The number of aliphatic hydroxyl groups excluding tert-OH is 1. The molecule has 0 aromatic carbocycles. The van der Waals surface area contributed by atoms with Crippen molar-refractivity contribution in [3.05, 3.63) is 21.9 Å². The van der Waals surface area contributed by atoms with E-state index in [4.69, 9.17) is 10.2 Å². The van der Waals surface area contributed by atoms with Crippen LogP contribution in [0.5, 0.6) is 0 Å². The van der Waals surface area contributed by atoms with Crippen LogP contribution in [0.4, 0.5) is 4.79 Å². The average Bonchev–Trinajstić information content (AvgIpc) is 2.70. The first-order valence-electron chi connectivity index (χ1n) is 5.88. The van der Waals surface area contributed by atoms with Crippen LogP contribution in [-0.4, -0.2) is 40.9 Å². The summed E-state index contributed by atoms with van der Waals surface area (Å²) in [5.74, 6) is -1.26. The third kappa shape index (κ3) is 5.27. The zero-order valence-electron chi connectivity index (χ0n) is 10.8. The van der Waals surface area contributed by atoms with Gasteiger partial charge in [0.2, 0.25) is 0 Å². The van der Waals surface area contributed by atoms with Gasteiger partial charge in [0.05, 0.1) is 6.61 Å². The van der Waals surface area contributed by atoms with Gasteiger partial charge >= 0.3 is 12.0 Å². The molecule has 1 aromatic rings. The monoisotopic (exact) mass is 286 g/mol. The minimum absolute atomic E-state index is 0.119. The van der Waals surface area contributed by atoms with E-state index < -0.39 is 24.6 Å². The van der Waals surface area contributed by atoms with E-state index in [1.54, 1.807) is 11.3 Å². The Kier molecular flexibility index (Phi) is 5.78. The largest absolute Gasteiger partial charge is 0.480 e. The van der Waals surface area contributed by atoms with Gasteiger partial charge in [-0.15, -0.1) is 11.3 Å². The fraction of sp³-hybridized carbons (Fsp3) is 0.500. The number of hydrogen-bond acceptors (Lipinski definition) is 4. The highest BCUT2D eigenvalue weighted by Crippen LogP contribution is 2.16. The molecule has 0 saturated carbocycles. The molecule has 2 amide bonds. The van der Waals surface area contributed by atoms with Crippen LogP contribution in [0.1, 0.15) is 16.7 Å². The van der Waals surface area contributed by atoms with Crippen molar-refractivity contribution in [2.24, 2.45) is 0 Å². The van der Waals surface area contributed by atoms with Crippen molar-refractivity contribution in [1.82, 2.24) is 10.6 Å². The standard InChI is InChI=1S/C12H18N2O4S/c1-7(5-9-4-3-8(2)19-9)13-12(18)14-10(6-15)11(16)17/h3-4,7,10,15H,5-6H2,1-2H3,(H,16,17)(H2,13,14,18). The first-order valence-corrected chi connectivity index (χ1v) is 6.70. The van der Waals surface area contributed by atoms with E-state index in [0.29, 0.717) is 6.42 Å². The molecule has 2 unspecified atom stereocenters. The molecule has 0 bridgehead atoms. The Morgan fingerprint density at radius 1 is 1.37 bits per heavy atom.